The minimum Gasteiger partial charge on any atom is -0.494 e. The van der Waals surface area contributed by atoms with Crippen molar-refractivity contribution in [2.75, 3.05) is 7.11 Å². The van der Waals surface area contributed by atoms with Crippen LogP contribution in [0.4, 0.5) is 4.39 Å². The third-order valence-electron chi connectivity index (χ3n) is 2.97. The molecule has 0 saturated heterocycles. The number of alkyl halides is 1. The Morgan fingerprint density at radius 3 is 2.47 bits per heavy atom. The fraction of sp³-hybridized carbons (Fsp3) is 0.200. The second kappa shape index (κ2) is 5.81. The Balaban J connectivity index is 2.38. The van der Waals surface area contributed by atoms with Crippen LogP contribution in [0.25, 0.3) is 0 Å². The number of hydrogen-bond donors (Lipinski definition) is 0. The van der Waals surface area contributed by atoms with Crippen LogP contribution in [-0.2, 0) is 0 Å². The first-order valence-electron chi connectivity index (χ1n) is 5.76. The Labute approximate surface area is 121 Å². The van der Waals surface area contributed by atoms with Gasteiger partial charge in [0, 0.05) is 5.02 Å². The molecule has 19 heavy (non-hydrogen) atoms. The van der Waals surface area contributed by atoms with Crippen LogP contribution in [-0.4, -0.2) is 7.11 Å². The Morgan fingerprint density at radius 1 is 1.16 bits per heavy atom. The first kappa shape index (κ1) is 14.2. The van der Waals surface area contributed by atoms with E-state index in [1.54, 1.807) is 18.2 Å². The molecular weight excluding hydrogens is 286 g/mol. The lowest BCUT2D eigenvalue weighted by atomic mass is 10.00. The van der Waals surface area contributed by atoms with E-state index in [2.05, 4.69) is 0 Å². The van der Waals surface area contributed by atoms with E-state index in [1.165, 1.54) is 13.2 Å². The van der Waals surface area contributed by atoms with Gasteiger partial charge in [0.15, 0.2) is 11.6 Å². The van der Waals surface area contributed by atoms with E-state index in [1.807, 2.05) is 19.1 Å². The fourth-order valence-electron chi connectivity index (χ4n) is 1.94. The molecule has 4 heteroatoms. The van der Waals surface area contributed by atoms with Gasteiger partial charge in [0.05, 0.1) is 12.5 Å². The zero-order chi connectivity index (χ0) is 14.0. The van der Waals surface area contributed by atoms with Crippen LogP contribution in [0.2, 0.25) is 5.02 Å². The van der Waals surface area contributed by atoms with Crippen molar-refractivity contribution in [1.82, 2.24) is 0 Å². The number of halogens is 3. The van der Waals surface area contributed by atoms with Gasteiger partial charge < -0.3 is 4.74 Å². The second-order valence-electron chi connectivity index (χ2n) is 4.26. The molecule has 0 amide bonds. The molecule has 0 N–H and O–H groups in total. The Morgan fingerprint density at radius 2 is 1.89 bits per heavy atom. The summed E-state index contributed by atoms with van der Waals surface area (Å²) in [6.07, 6.45) is 0. The molecule has 1 atom stereocenters. The maximum absolute atomic E-state index is 13.7. The SMILES string of the molecule is COc1ccc(C(Cl)c2ccc(Cl)cc2C)cc1F. The van der Waals surface area contributed by atoms with Gasteiger partial charge in [-0.05, 0) is 47.9 Å². The summed E-state index contributed by atoms with van der Waals surface area (Å²) in [4.78, 5) is 0. The van der Waals surface area contributed by atoms with Crippen molar-refractivity contribution in [1.29, 1.82) is 0 Å². The van der Waals surface area contributed by atoms with Crippen molar-refractivity contribution >= 4 is 23.2 Å². The molecule has 2 aromatic carbocycles. The van der Waals surface area contributed by atoms with E-state index < -0.39 is 11.2 Å². The summed E-state index contributed by atoms with van der Waals surface area (Å²) in [6.45, 7) is 1.93. The Hall–Kier alpha value is -1.25. The second-order valence-corrected chi connectivity index (χ2v) is 5.13. The summed E-state index contributed by atoms with van der Waals surface area (Å²) >= 11 is 12.3. The van der Waals surface area contributed by atoms with E-state index in [-0.39, 0.29) is 5.75 Å². The van der Waals surface area contributed by atoms with Crippen molar-refractivity contribution < 1.29 is 9.13 Å². The van der Waals surface area contributed by atoms with E-state index in [0.717, 1.165) is 11.1 Å². The van der Waals surface area contributed by atoms with Crippen molar-refractivity contribution in [2.45, 2.75) is 12.3 Å². The molecular formula is C15H13Cl2FO. The lowest BCUT2D eigenvalue weighted by molar-refractivity contribution is 0.386. The van der Waals surface area contributed by atoms with Gasteiger partial charge in [0.25, 0.3) is 0 Å². The molecule has 0 fully saturated rings. The van der Waals surface area contributed by atoms with E-state index in [4.69, 9.17) is 27.9 Å². The highest BCUT2D eigenvalue weighted by atomic mass is 35.5. The zero-order valence-corrected chi connectivity index (χ0v) is 12.1. The molecule has 0 heterocycles. The lowest BCUT2D eigenvalue weighted by Gasteiger charge is -2.14. The van der Waals surface area contributed by atoms with Crippen LogP contribution >= 0.6 is 23.2 Å². The number of methoxy groups -OCH3 is 1. The molecule has 0 aliphatic rings. The minimum absolute atomic E-state index is 0.209. The summed E-state index contributed by atoms with van der Waals surface area (Å²) in [5.74, 6) is -0.210. The molecule has 0 spiro atoms. The standard InChI is InChI=1S/C15H13Cl2FO/c1-9-7-11(16)4-5-12(9)15(17)10-3-6-14(19-2)13(18)8-10/h3-8,15H,1-2H3. The average molecular weight is 299 g/mol. The number of ether oxygens (including phenoxy) is 1. The first-order valence-corrected chi connectivity index (χ1v) is 6.58. The molecule has 0 aromatic heterocycles. The Kier molecular flexibility index (Phi) is 4.33. The van der Waals surface area contributed by atoms with Crippen LogP contribution in [0.1, 0.15) is 22.1 Å². The molecule has 2 rings (SSSR count). The highest BCUT2D eigenvalue weighted by molar-refractivity contribution is 6.30. The summed E-state index contributed by atoms with van der Waals surface area (Å²) in [7, 11) is 1.43. The van der Waals surface area contributed by atoms with Gasteiger partial charge in [0.1, 0.15) is 0 Å². The first-order chi connectivity index (χ1) is 9.02. The largest absolute Gasteiger partial charge is 0.494 e. The van der Waals surface area contributed by atoms with Gasteiger partial charge >= 0.3 is 0 Å². The third-order valence-corrected chi connectivity index (χ3v) is 3.70. The molecule has 0 aliphatic heterocycles. The maximum atomic E-state index is 13.7. The lowest BCUT2D eigenvalue weighted by Crippen LogP contribution is -1.98. The molecule has 0 aliphatic carbocycles. The number of aryl methyl sites for hydroxylation is 1. The smallest absolute Gasteiger partial charge is 0.165 e. The van der Waals surface area contributed by atoms with Crippen LogP contribution < -0.4 is 4.74 Å². The van der Waals surface area contributed by atoms with Gasteiger partial charge in [-0.2, -0.15) is 0 Å². The van der Waals surface area contributed by atoms with Crippen molar-refractivity contribution in [3.05, 3.63) is 63.9 Å². The van der Waals surface area contributed by atoms with Crippen LogP contribution in [0.5, 0.6) is 5.75 Å². The molecule has 100 valence electrons. The summed E-state index contributed by atoms with van der Waals surface area (Å²) in [6, 6.07) is 10.2. The van der Waals surface area contributed by atoms with Crippen molar-refractivity contribution in [2.24, 2.45) is 0 Å². The van der Waals surface area contributed by atoms with Gasteiger partial charge in [-0.25, -0.2) is 4.39 Å². The highest BCUT2D eigenvalue weighted by Gasteiger charge is 2.15. The van der Waals surface area contributed by atoms with Crippen LogP contribution in [0.3, 0.4) is 0 Å². The van der Waals surface area contributed by atoms with Gasteiger partial charge in [0.2, 0.25) is 0 Å². The van der Waals surface area contributed by atoms with E-state index >= 15 is 0 Å². The predicted octanol–water partition coefficient (Wildman–Crippen LogP) is 5.12. The van der Waals surface area contributed by atoms with Crippen molar-refractivity contribution in [3.63, 3.8) is 0 Å². The van der Waals surface area contributed by atoms with Gasteiger partial charge in [-0.3, -0.25) is 0 Å². The molecule has 1 unspecified atom stereocenters. The topological polar surface area (TPSA) is 9.23 Å². The van der Waals surface area contributed by atoms with Gasteiger partial charge in [-0.15, -0.1) is 11.6 Å². The van der Waals surface area contributed by atoms with Crippen LogP contribution in [0, 0.1) is 12.7 Å². The van der Waals surface area contributed by atoms with Gasteiger partial charge in [-0.1, -0.05) is 23.7 Å². The van der Waals surface area contributed by atoms with Crippen molar-refractivity contribution in [3.8, 4) is 5.75 Å². The quantitative estimate of drug-likeness (QED) is 0.714. The minimum atomic E-state index is -0.419. The zero-order valence-electron chi connectivity index (χ0n) is 10.6. The molecule has 1 nitrogen and oxygen atoms in total. The van der Waals surface area contributed by atoms with Crippen LogP contribution in [0.15, 0.2) is 36.4 Å². The number of benzene rings is 2. The number of hydrogen-bond acceptors (Lipinski definition) is 1. The van der Waals surface area contributed by atoms with E-state index in [9.17, 15) is 4.39 Å². The number of rotatable bonds is 3. The molecule has 0 saturated carbocycles. The normalized spacial score (nSPS) is 12.3. The van der Waals surface area contributed by atoms with E-state index in [0.29, 0.717) is 10.6 Å². The summed E-state index contributed by atoms with van der Waals surface area (Å²) in [5.41, 5.74) is 2.57. The summed E-state index contributed by atoms with van der Waals surface area (Å²) in [5, 5.41) is 0.240. The highest BCUT2D eigenvalue weighted by Crippen LogP contribution is 2.33. The maximum Gasteiger partial charge on any atom is 0.165 e. The monoisotopic (exact) mass is 298 g/mol. The predicted molar refractivity (Wildman–Crippen MR) is 76.8 cm³/mol. The average Bonchev–Trinajstić information content (AvgIpc) is 2.38. The summed E-state index contributed by atoms with van der Waals surface area (Å²) < 4.78 is 18.6. The Bertz CT molecular complexity index is 599. The molecule has 2 aromatic rings. The fourth-order valence-corrected chi connectivity index (χ4v) is 2.55. The molecule has 0 bridgehead atoms. The third kappa shape index (κ3) is 3.02. The molecule has 0 radical (unpaired) electrons.